The second-order valence-electron chi connectivity index (χ2n) is 4.97. The van der Waals surface area contributed by atoms with E-state index in [-0.39, 0.29) is 36.8 Å². The highest BCUT2D eigenvalue weighted by molar-refractivity contribution is 8.03. The highest BCUT2D eigenvalue weighted by atomic mass is 32.2. The van der Waals surface area contributed by atoms with Gasteiger partial charge in [-0.3, -0.25) is 9.69 Å². The quantitative estimate of drug-likeness (QED) is 0.371. The number of nitrogens with zero attached hydrogens (tertiary/aromatic N) is 1. The van der Waals surface area contributed by atoms with Crippen LogP contribution in [0, 0.1) is 5.92 Å². The molecule has 2 aliphatic heterocycles. The zero-order valence-electron chi connectivity index (χ0n) is 13.0. The molecule has 3 atom stereocenters. The van der Waals surface area contributed by atoms with Gasteiger partial charge in [-0.15, -0.1) is 11.8 Å². The molecular formula is C15H19NO6S. The summed E-state index contributed by atoms with van der Waals surface area (Å²) < 4.78 is 15.1. The van der Waals surface area contributed by atoms with Crippen molar-refractivity contribution in [1.29, 1.82) is 0 Å². The molecule has 0 aromatic carbocycles. The van der Waals surface area contributed by atoms with E-state index in [0.29, 0.717) is 0 Å². The van der Waals surface area contributed by atoms with Crippen LogP contribution >= 0.6 is 11.8 Å². The standard InChI is InChI=1S/C15H19NO6S/c1-4-6-21-15(19)10-8-23-14-12(13(18)16(10)14)9(3)22-7-11(17)20-5-2/h4,8-9,12,14H,1,5-7H2,2-3H3/t9-,12+,14+/m1/s1. The van der Waals surface area contributed by atoms with Crippen molar-refractivity contribution in [3.05, 3.63) is 23.8 Å². The van der Waals surface area contributed by atoms with Gasteiger partial charge in [0.05, 0.1) is 18.6 Å². The van der Waals surface area contributed by atoms with Crippen LogP contribution < -0.4 is 0 Å². The highest BCUT2D eigenvalue weighted by Gasteiger charge is 2.56. The average molecular weight is 341 g/mol. The molecule has 126 valence electrons. The number of fused-ring (bicyclic) bond motifs is 1. The monoisotopic (exact) mass is 341 g/mol. The molecular weight excluding hydrogens is 322 g/mol. The molecule has 7 nitrogen and oxygen atoms in total. The molecule has 1 saturated heterocycles. The Morgan fingerprint density at radius 1 is 1.48 bits per heavy atom. The number of amides is 1. The van der Waals surface area contributed by atoms with E-state index in [2.05, 4.69) is 6.58 Å². The van der Waals surface area contributed by atoms with E-state index in [1.807, 2.05) is 0 Å². The summed E-state index contributed by atoms with van der Waals surface area (Å²) in [6.07, 6.45) is 1.02. The van der Waals surface area contributed by atoms with Crippen molar-refractivity contribution < 1.29 is 28.6 Å². The van der Waals surface area contributed by atoms with Gasteiger partial charge in [-0.25, -0.2) is 9.59 Å². The first-order valence-electron chi connectivity index (χ1n) is 7.25. The molecule has 23 heavy (non-hydrogen) atoms. The van der Waals surface area contributed by atoms with Gasteiger partial charge in [-0.05, 0) is 13.8 Å². The Labute approximate surface area is 138 Å². The molecule has 8 heteroatoms. The number of β-lactam (4-membered cyclic amide) rings is 1. The maximum Gasteiger partial charge on any atom is 0.355 e. The Morgan fingerprint density at radius 2 is 2.22 bits per heavy atom. The Kier molecular flexibility index (Phi) is 5.84. The molecule has 0 aromatic rings. The first kappa shape index (κ1) is 17.6. The van der Waals surface area contributed by atoms with Gasteiger partial charge >= 0.3 is 11.9 Å². The van der Waals surface area contributed by atoms with Crippen molar-refractivity contribution >= 4 is 29.6 Å². The zero-order valence-corrected chi connectivity index (χ0v) is 13.8. The highest BCUT2D eigenvalue weighted by Crippen LogP contribution is 2.46. The predicted octanol–water partition coefficient (Wildman–Crippen LogP) is 1.06. The maximum absolute atomic E-state index is 12.3. The van der Waals surface area contributed by atoms with Crippen LogP contribution in [-0.2, 0) is 28.6 Å². The lowest BCUT2D eigenvalue weighted by Gasteiger charge is -2.44. The summed E-state index contributed by atoms with van der Waals surface area (Å²) in [6, 6.07) is 0. The molecule has 1 fully saturated rings. The second kappa shape index (κ2) is 7.65. The van der Waals surface area contributed by atoms with Crippen LogP contribution in [0.4, 0.5) is 0 Å². The fourth-order valence-electron chi connectivity index (χ4n) is 2.37. The minimum Gasteiger partial charge on any atom is -0.464 e. The molecule has 0 radical (unpaired) electrons. The van der Waals surface area contributed by atoms with Crippen LogP contribution in [0.2, 0.25) is 0 Å². The summed E-state index contributed by atoms with van der Waals surface area (Å²) in [5, 5.41) is 1.41. The number of hydrogen-bond acceptors (Lipinski definition) is 7. The molecule has 0 N–H and O–H groups in total. The molecule has 0 spiro atoms. The van der Waals surface area contributed by atoms with Crippen molar-refractivity contribution in [3.8, 4) is 0 Å². The Morgan fingerprint density at radius 3 is 2.87 bits per heavy atom. The molecule has 1 amide bonds. The number of carbonyl (C=O) groups is 3. The zero-order chi connectivity index (χ0) is 17.0. The van der Waals surface area contributed by atoms with E-state index in [0.717, 1.165) is 0 Å². The largest absolute Gasteiger partial charge is 0.464 e. The molecule has 2 rings (SSSR count). The summed E-state index contributed by atoms with van der Waals surface area (Å²) in [7, 11) is 0. The molecule has 0 aromatic heterocycles. The SMILES string of the molecule is C=CCOC(=O)C1=CS[C@H]2[C@@H]([C@@H](C)OCC(=O)OCC)C(=O)N12. The molecule has 2 heterocycles. The lowest BCUT2D eigenvalue weighted by atomic mass is 9.92. The first-order valence-corrected chi connectivity index (χ1v) is 8.19. The average Bonchev–Trinajstić information content (AvgIpc) is 2.90. The van der Waals surface area contributed by atoms with E-state index in [1.165, 1.54) is 22.7 Å². The van der Waals surface area contributed by atoms with Crippen LogP contribution in [0.25, 0.3) is 0 Å². The molecule has 0 aliphatic carbocycles. The molecule has 0 bridgehead atoms. The van der Waals surface area contributed by atoms with Gasteiger partial charge in [0.2, 0.25) is 5.91 Å². The summed E-state index contributed by atoms with van der Waals surface area (Å²) >= 11 is 1.37. The van der Waals surface area contributed by atoms with E-state index in [4.69, 9.17) is 14.2 Å². The Bertz CT molecular complexity index is 546. The number of carbonyl (C=O) groups excluding carboxylic acids is 3. The normalized spacial score (nSPS) is 23.5. The summed E-state index contributed by atoms with van der Waals surface area (Å²) in [4.78, 5) is 36.9. The van der Waals surface area contributed by atoms with E-state index in [9.17, 15) is 14.4 Å². The molecule has 2 aliphatic rings. The van der Waals surface area contributed by atoms with Gasteiger partial charge in [-0.1, -0.05) is 12.7 Å². The number of thioether (sulfide) groups is 1. The van der Waals surface area contributed by atoms with E-state index in [1.54, 1.807) is 19.3 Å². The number of esters is 2. The summed E-state index contributed by atoms with van der Waals surface area (Å²) in [5.41, 5.74) is 0.237. The van der Waals surface area contributed by atoms with Gasteiger partial charge in [0.15, 0.2) is 0 Å². The van der Waals surface area contributed by atoms with Crippen LogP contribution in [-0.4, -0.2) is 54.0 Å². The minimum atomic E-state index is -0.549. The van der Waals surface area contributed by atoms with Gasteiger partial charge in [0, 0.05) is 5.41 Å². The van der Waals surface area contributed by atoms with Gasteiger partial charge in [-0.2, -0.15) is 0 Å². The van der Waals surface area contributed by atoms with Crippen LogP contribution in [0.3, 0.4) is 0 Å². The lowest BCUT2D eigenvalue weighted by molar-refractivity contribution is -0.165. The van der Waals surface area contributed by atoms with Crippen LogP contribution in [0.1, 0.15) is 13.8 Å². The fraction of sp³-hybridized carbons (Fsp3) is 0.533. The van der Waals surface area contributed by atoms with Crippen molar-refractivity contribution in [2.75, 3.05) is 19.8 Å². The fourth-order valence-corrected chi connectivity index (χ4v) is 3.70. The Hall–Kier alpha value is -1.80. The van der Waals surface area contributed by atoms with Crippen LogP contribution in [0.15, 0.2) is 23.8 Å². The number of rotatable bonds is 8. The van der Waals surface area contributed by atoms with Crippen molar-refractivity contribution in [2.45, 2.75) is 25.3 Å². The van der Waals surface area contributed by atoms with Crippen molar-refractivity contribution in [3.63, 3.8) is 0 Å². The third-order valence-corrected chi connectivity index (χ3v) is 4.62. The smallest absolute Gasteiger partial charge is 0.355 e. The van der Waals surface area contributed by atoms with Crippen LogP contribution in [0.5, 0.6) is 0 Å². The number of ether oxygens (including phenoxy) is 3. The predicted molar refractivity (Wildman–Crippen MR) is 83.0 cm³/mol. The van der Waals surface area contributed by atoms with Gasteiger partial charge < -0.3 is 14.2 Å². The Balaban J connectivity index is 1.88. The second-order valence-corrected chi connectivity index (χ2v) is 5.96. The topological polar surface area (TPSA) is 82.1 Å². The van der Waals surface area contributed by atoms with Crippen molar-refractivity contribution in [2.24, 2.45) is 5.92 Å². The maximum atomic E-state index is 12.3. The molecule has 0 saturated carbocycles. The first-order chi connectivity index (χ1) is 11.0. The van der Waals surface area contributed by atoms with Crippen molar-refractivity contribution in [1.82, 2.24) is 4.90 Å². The number of hydrogen-bond donors (Lipinski definition) is 0. The van der Waals surface area contributed by atoms with E-state index >= 15 is 0 Å². The third-order valence-electron chi connectivity index (χ3n) is 3.48. The van der Waals surface area contributed by atoms with Gasteiger partial charge in [0.25, 0.3) is 0 Å². The van der Waals surface area contributed by atoms with E-state index < -0.39 is 24.0 Å². The summed E-state index contributed by atoms with van der Waals surface area (Å²) in [6.45, 7) is 7.09. The lowest BCUT2D eigenvalue weighted by Crippen LogP contribution is -2.61. The van der Waals surface area contributed by atoms with Gasteiger partial charge in [0.1, 0.15) is 24.3 Å². The molecule has 0 unspecified atom stereocenters. The third kappa shape index (κ3) is 3.59. The summed E-state index contributed by atoms with van der Waals surface area (Å²) in [5.74, 6) is -1.63. The minimum absolute atomic E-state index is 0.0933.